The smallest absolute Gasteiger partial charge is 0.259 e. The highest BCUT2D eigenvalue weighted by Gasteiger charge is 2.30. The van der Waals surface area contributed by atoms with Crippen LogP contribution in [-0.4, -0.2) is 50.9 Å². The molecule has 3 aromatic rings. The molecule has 4 rings (SSSR count). The number of hydrogen-bond donors (Lipinski definition) is 0. The van der Waals surface area contributed by atoms with E-state index in [-0.39, 0.29) is 18.4 Å². The quantitative estimate of drug-likeness (QED) is 0.712. The number of aromatic nitrogens is 3. The van der Waals surface area contributed by atoms with E-state index in [1.165, 1.54) is 6.20 Å². The van der Waals surface area contributed by atoms with E-state index in [0.29, 0.717) is 24.3 Å². The number of rotatable bonds is 2. The first-order valence-corrected chi connectivity index (χ1v) is 8.09. The molecule has 1 fully saturated rings. The van der Waals surface area contributed by atoms with Gasteiger partial charge >= 0.3 is 0 Å². The van der Waals surface area contributed by atoms with Gasteiger partial charge < -0.3 is 9.80 Å². The number of anilines is 1. The summed E-state index contributed by atoms with van der Waals surface area (Å²) >= 11 is 0. The fraction of sp³-hybridized carbons (Fsp3) is 0.222. The SMILES string of the molecule is Cc1ccccc1N1CCN(C(=O)c2cnn3cccnc23)CC1=O. The second-order valence-corrected chi connectivity index (χ2v) is 6.00. The van der Waals surface area contributed by atoms with Crippen LogP contribution in [0.15, 0.2) is 48.9 Å². The summed E-state index contributed by atoms with van der Waals surface area (Å²) in [6.07, 6.45) is 4.86. The molecule has 0 radical (unpaired) electrons. The minimum absolute atomic E-state index is 0.0529. The number of benzene rings is 1. The van der Waals surface area contributed by atoms with Gasteiger partial charge in [-0.3, -0.25) is 9.59 Å². The zero-order valence-corrected chi connectivity index (χ0v) is 13.8. The van der Waals surface area contributed by atoms with Gasteiger partial charge in [-0.2, -0.15) is 5.10 Å². The zero-order chi connectivity index (χ0) is 17.4. The topological polar surface area (TPSA) is 70.8 Å². The number of amides is 2. The van der Waals surface area contributed by atoms with Gasteiger partial charge in [0.1, 0.15) is 12.1 Å². The first kappa shape index (κ1) is 15.3. The van der Waals surface area contributed by atoms with E-state index in [1.807, 2.05) is 31.2 Å². The molecule has 25 heavy (non-hydrogen) atoms. The number of fused-ring (bicyclic) bond motifs is 1. The molecule has 1 aliphatic rings. The first-order valence-electron chi connectivity index (χ1n) is 8.09. The van der Waals surface area contributed by atoms with Gasteiger partial charge in [0.25, 0.3) is 5.91 Å². The molecule has 0 aliphatic carbocycles. The zero-order valence-electron chi connectivity index (χ0n) is 13.8. The first-order chi connectivity index (χ1) is 12.1. The van der Waals surface area contributed by atoms with Crippen LogP contribution in [0, 0.1) is 6.92 Å². The Balaban J connectivity index is 1.56. The molecule has 1 aliphatic heterocycles. The molecule has 7 nitrogen and oxygen atoms in total. The second-order valence-electron chi connectivity index (χ2n) is 6.00. The van der Waals surface area contributed by atoms with Crippen molar-refractivity contribution in [2.24, 2.45) is 0 Å². The van der Waals surface area contributed by atoms with E-state index < -0.39 is 0 Å². The Kier molecular flexibility index (Phi) is 3.68. The lowest BCUT2D eigenvalue weighted by molar-refractivity contribution is -0.120. The molecule has 0 N–H and O–H groups in total. The highest BCUT2D eigenvalue weighted by Crippen LogP contribution is 2.22. The van der Waals surface area contributed by atoms with Crippen LogP contribution in [0.3, 0.4) is 0 Å². The number of para-hydroxylation sites is 1. The fourth-order valence-corrected chi connectivity index (χ4v) is 3.12. The van der Waals surface area contributed by atoms with E-state index >= 15 is 0 Å². The Hall–Kier alpha value is -3.22. The highest BCUT2D eigenvalue weighted by atomic mass is 16.2. The molecule has 1 saturated heterocycles. The summed E-state index contributed by atoms with van der Waals surface area (Å²) in [4.78, 5) is 32.9. The predicted molar refractivity (Wildman–Crippen MR) is 92.4 cm³/mol. The van der Waals surface area contributed by atoms with Crippen LogP contribution in [0.2, 0.25) is 0 Å². The maximum Gasteiger partial charge on any atom is 0.259 e. The second kappa shape index (κ2) is 6.01. The molecule has 126 valence electrons. The number of piperazine rings is 1. The Morgan fingerprint density at radius 3 is 2.80 bits per heavy atom. The van der Waals surface area contributed by atoms with Crippen LogP contribution < -0.4 is 4.90 Å². The standard InChI is InChI=1S/C18H17N5O2/c1-13-5-2-3-6-15(13)22-10-9-21(12-16(22)24)18(25)14-11-20-23-8-4-7-19-17(14)23/h2-8,11H,9-10,12H2,1H3. The summed E-state index contributed by atoms with van der Waals surface area (Å²) < 4.78 is 1.55. The monoisotopic (exact) mass is 335 g/mol. The third-order valence-electron chi connectivity index (χ3n) is 4.42. The van der Waals surface area contributed by atoms with Crippen molar-refractivity contribution in [1.82, 2.24) is 19.5 Å². The average Bonchev–Trinajstić information content (AvgIpc) is 3.06. The maximum atomic E-state index is 12.8. The van der Waals surface area contributed by atoms with Crippen molar-refractivity contribution in [3.05, 3.63) is 60.0 Å². The van der Waals surface area contributed by atoms with Gasteiger partial charge in [0, 0.05) is 31.2 Å². The lowest BCUT2D eigenvalue weighted by atomic mass is 10.1. The summed E-state index contributed by atoms with van der Waals surface area (Å²) in [6, 6.07) is 9.52. The number of aryl methyl sites for hydroxylation is 1. The highest BCUT2D eigenvalue weighted by molar-refractivity contribution is 6.04. The van der Waals surface area contributed by atoms with Crippen molar-refractivity contribution in [3.63, 3.8) is 0 Å². The van der Waals surface area contributed by atoms with Gasteiger partial charge in [-0.15, -0.1) is 0 Å². The fourth-order valence-electron chi connectivity index (χ4n) is 3.12. The summed E-state index contributed by atoms with van der Waals surface area (Å²) in [7, 11) is 0. The molecule has 1 aromatic carbocycles. The lowest BCUT2D eigenvalue weighted by Gasteiger charge is -2.34. The number of hydrogen-bond acceptors (Lipinski definition) is 4. The van der Waals surface area contributed by atoms with Gasteiger partial charge in [0.15, 0.2) is 5.65 Å². The van der Waals surface area contributed by atoms with E-state index in [9.17, 15) is 9.59 Å². The molecule has 3 heterocycles. The van der Waals surface area contributed by atoms with Crippen LogP contribution in [0.4, 0.5) is 5.69 Å². The van der Waals surface area contributed by atoms with Crippen LogP contribution in [0.1, 0.15) is 15.9 Å². The summed E-state index contributed by atoms with van der Waals surface area (Å²) in [6.45, 7) is 2.98. The van der Waals surface area contributed by atoms with E-state index in [2.05, 4.69) is 10.1 Å². The Bertz CT molecular complexity index is 965. The third kappa shape index (κ3) is 2.63. The van der Waals surface area contributed by atoms with Gasteiger partial charge in [0.05, 0.1) is 6.20 Å². The molecule has 0 unspecified atom stereocenters. The van der Waals surface area contributed by atoms with Crippen molar-refractivity contribution in [2.45, 2.75) is 6.92 Å². The van der Waals surface area contributed by atoms with E-state index in [1.54, 1.807) is 32.8 Å². The molecular formula is C18H17N5O2. The minimum atomic E-state index is -0.216. The number of carbonyl (C=O) groups excluding carboxylic acids is 2. The van der Waals surface area contributed by atoms with Gasteiger partial charge in [-0.1, -0.05) is 18.2 Å². The minimum Gasteiger partial charge on any atom is -0.327 e. The van der Waals surface area contributed by atoms with Crippen LogP contribution in [0.25, 0.3) is 5.65 Å². The normalized spacial score (nSPS) is 15.0. The van der Waals surface area contributed by atoms with Crippen LogP contribution in [-0.2, 0) is 4.79 Å². The molecule has 0 atom stereocenters. The average molecular weight is 335 g/mol. The van der Waals surface area contributed by atoms with Crippen LogP contribution >= 0.6 is 0 Å². The molecule has 0 spiro atoms. The van der Waals surface area contributed by atoms with Crippen molar-refractivity contribution in [1.29, 1.82) is 0 Å². The van der Waals surface area contributed by atoms with E-state index in [4.69, 9.17) is 0 Å². The van der Waals surface area contributed by atoms with E-state index in [0.717, 1.165) is 11.3 Å². The van der Waals surface area contributed by atoms with Crippen molar-refractivity contribution < 1.29 is 9.59 Å². The van der Waals surface area contributed by atoms with Gasteiger partial charge in [-0.05, 0) is 24.6 Å². The summed E-state index contributed by atoms with van der Waals surface area (Å²) in [5.41, 5.74) is 2.86. The largest absolute Gasteiger partial charge is 0.327 e. The van der Waals surface area contributed by atoms with Crippen molar-refractivity contribution in [3.8, 4) is 0 Å². The number of carbonyl (C=O) groups is 2. The molecular weight excluding hydrogens is 318 g/mol. The van der Waals surface area contributed by atoms with Crippen LogP contribution in [0.5, 0.6) is 0 Å². The third-order valence-corrected chi connectivity index (χ3v) is 4.42. The molecule has 2 amide bonds. The predicted octanol–water partition coefficient (Wildman–Crippen LogP) is 1.53. The van der Waals surface area contributed by atoms with Crippen molar-refractivity contribution in [2.75, 3.05) is 24.5 Å². The van der Waals surface area contributed by atoms with Gasteiger partial charge in [0.2, 0.25) is 5.91 Å². The van der Waals surface area contributed by atoms with Gasteiger partial charge in [-0.25, -0.2) is 9.50 Å². The maximum absolute atomic E-state index is 12.8. The lowest BCUT2D eigenvalue weighted by Crippen LogP contribution is -2.52. The Morgan fingerprint density at radius 2 is 2.00 bits per heavy atom. The summed E-state index contributed by atoms with van der Waals surface area (Å²) in [5, 5.41) is 4.14. The molecule has 7 heteroatoms. The number of nitrogens with zero attached hydrogens (tertiary/aromatic N) is 5. The molecule has 2 aromatic heterocycles. The summed E-state index contributed by atoms with van der Waals surface area (Å²) in [5.74, 6) is -0.301. The Morgan fingerprint density at radius 1 is 1.16 bits per heavy atom. The Labute approximate surface area is 144 Å². The molecule has 0 bridgehead atoms. The van der Waals surface area contributed by atoms with Crippen molar-refractivity contribution >= 4 is 23.1 Å². The molecule has 0 saturated carbocycles.